The third-order valence-electron chi connectivity index (χ3n) is 13.9. The molecule has 1 N–H and O–H groups in total. The highest BCUT2D eigenvalue weighted by atomic mass is 35.5. The molecule has 0 radical (unpaired) electrons. The highest BCUT2D eigenvalue weighted by Gasteiger charge is 2.47. The summed E-state index contributed by atoms with van der Waals surface area (Å²) >= 11 is 6.48. The van der Waals surface area contributed by atoms with E-state index in [0.717, 1.165) is 51.4 Å². The van der Waals surface area contributed by atoms with E-state index in [1.807, 2.05) is 11.0 Å². The summed E-state index contributed by atoms with van der Waals surface area (Å²) in [5.41, 5.74) is 3.05. The zero-order valence-electron chi connectivity index (χ0n) is 31.6. The molecule has 2 aromatic rings. The lowest BCUT2D eigenvalue weighted by Gasteiger charge is -2.42. The lowest BCUT2D eigenvalue weighted by Crippen LogP contribution is -2.54. The van der Waals surface area contributed by atoms with Crippen molar-refractivity contribution < 1.29 is 27.1 Å². The van der Waals surface area contributed by atoms with Crippen LogP contribution in [0.25, 0.3) is 0 Å². The third kappa shape index (κ3) is 7.06. The van der Waals surface area contributed by atoms with E-state index >= 15 is 4.39 Å². The second kappa shape index (κ2) is 14.7. The van der Waals surface area contributed by atoms with Crippen LogP contribution in [0.5, 0.6) is 5.75 Å². The number of sulfonamides is 1. The smallest absolute Gasteiger partial charge is 0.264 e. The standard InChI is InChI=1S/C42H54ClFN4O5S/c1-28-10-14-35(44)38(40(50)46-21-19-41(25-46)16-4-3-5-17-41)48-20-7-9-33(48)24-47-26-42(18-6-8-30-22-32(43)12-13-34(30)42)27-53-37-15-11-31(23-36(37)47)39(49)45-54(51,52)29(28)2/h11-15,22-23,28-29,33,38H,3-10,16-21,24-27H2,1-2H3,(H,45,49)/b35-14-/t28-,29+,33-,38+,42-/m0/s1. The Morgan fingerprint density at radius 1 is 0.981 bits per heavy atom. The molecule has 292 valence electrons. The van der Waals surface area contributed by atoms with E-state index in [-0.39, 0.29) is 34.8 Å². The Hall–Kier alpha value is -3.15. The summed E-state index contributed by atoms with van der Waals surface area (Å²) < 4.78 is 53.1. The van der Waals surface area contributed by atoms with E-state index < -0.39 is 39.0 Å². The Balaban J connectivity index is 1.21. The number of carbonyl (C=O) groups is 2. The average Bonchev–Trinajstić information content (AvgIpc) is 3.75. The van der Waals surface area contributed by atoms with E-state index in [2.05, 4.69) is 26.7 Å². The van der Waals surface area contributed by atoms with Gasteiger partial charge in [0.1, 0.15) is 17.6 Å². The van der Waals surface area contributed by atoms with Gasteiger partial charge in [-0.2, -0.15) is 0 Å². The van der Waals surface area contributed by atoms with Crippen LogP contribution >= 0.6 is 11.6 Å². The Kier molecular flexibility index (Phi) is 10.3. The van der Waals surface area contributed by atoms with Crippen LogP contribution < -0.4 is 14.4 Å². The van der Waals surface area contributed by atoms with Gasteiger partial charge >= 0.3 is 0 Å². The monoisotopic (exact) mass is 780 g/mol. The van der Waals surface area contributed by atoms with Gasteiger partial charge in [0.2, 0.25) is 15.9 Å². The predicted molar refractivity (Wildman–Crippen MR) is 209 cm³/mol. The largest absolute Gasteiger partial charge is 0.490 e. The van der Waals surface area contributed by atoms with Crippen molar-refractivity contribution >= 4 is 39.1 Å². The molecule has 12 heteroatoms. The van der Waals surface area contributed by atoms with Crippen molar-refractivity contribution in [2.45, 2.75) is 114 Å². The van der Waals surface area contributed by atoms with Crippen LogP contribution in [0.15, 0.2) is 48.3 Å². The Morgan fingerprint density at radius 3 is 2.61 bits per heavy atom. The van der Waals surface area contributed by atoms with Gasteiger partial charge in [-0.1, -0.05) is 49.9 Å². The first-order valence-electron chi connectivity index (χ1n) is 20.1. The van der Waals surface area contributed by atoms with Gasteiger partial charge in [-0.15, -0.1) is 0 Å². The number of rotatable bonds is 1. The van der Waals surface area contributed by atoms with Gasteiger partial charge in [0.05, 0.1) is 17.5 Å². The maximum absolute atomic E-state index is 17.0. The second-order valence-electron chi connectivity index (χ2n) is 17.3. The number of nitrogens with one attached hydrogen (secondary N) is 1. The highest BCUT2D eigenvalue weighted by Crippen LogP contribution is 2.47. The molecular weight excluding hydrogens is 727 g/mol. The van der Waals surface area contributed by atoms with Crippen LogP contribution in [0.4, 0.5) is 10.1 Å². The number of allylic oxidation sites excluding steroid dienone is 1. The van der Waals surface area contributed by atoms with E-state index in [1.54, 1.807) is 32.0 Å². The SMILES string of the molecule is C[C@@H]1[C@@H](C)C/C=C(\F)[C@H](C(=O)N2CCC3(CCCCC3)C2)N2CCC[C@H]2CN2C[C@@]3(CCCc4cc(Cl)ccc43)COc3ccc(cc32)C(=O)NS1(=O)=O. The van der Waals surface area contributed by atoms with E-state index in [4.69, 9.17) is 16.3 Å². The van der Waals surface area contributed by atoms with Crippen molar-refractivity contribution in [2.75, 3.05) is 44.2 Å². The lowest BCUT2D eigenvalue weighted by atomic mass is 9.70. The maximum Gasteiger partial charge on any atom is 0.264 e. The second-order valence-corrected chi connectivity index (χ2v) is 19.8. The normalized spacial score (nSPS) is 32.2. The van der Waals surface area contributed by atoms with Crippen molar-refractivity contribution in [3.63, 3.8) is 0 Å². The van der Waals surface area contributed by atoms with Gasteiger partial charge in [0, 0.05) is 48.2 Å². The average molecular weight is 781 g/mol. The summed E-state index contributed by atoms with van der Waals surface area (Å²) in [6.07, 6.45) is 12.7. The van der Waals surface area contributed by atoms with Crippen LogP contribution in [-0.2, 0) is 26.7 Å². The van der Waals surface area contributed by atoms with Crippen LogP contribution in [0.3, 0.4) is 0 Å². The molecule has 5 atom stereocenters. The predicted octanol–water partition coefficient (Wildman–Crippen LogP) is 7.17. The summed E-state index contributed by atoms with van der Waals surface area (Å²) in [4.78, 5) is 34.6. The van der Waals surface area contributed by atoms with E-state index in [1.165, 1.54) is 36.5 Å². The van der Waals surface area contributed by atoms with Crippen LogP contribution in [0, 0.1) is 11.3 Å². The number of fused-ring (bicyclic) bond motifs is 4. The molecule has 9 nitrogen and oxygen atoms in total. The number of nitrogens with zero attached hydrogens (tertiary/aromatic N) is 3. The number of ether oxygens (including phenoxy) is 1. The molecule has 6 aliphatic rings. The molecule has 2 saturated heterocycles. The summed E-state index contributed by atoms with van der Waals surface area (Å²) in [6, 6.07) is 9.99. The molecule has 2 amide bonds. The van der Waals surface area contributed by atoms with Crippen molar-refractivity contribution in [3.05, 3.63) is 70.0 Å². The maximum atomic E-state index is 17.0. The number of hydrogen-bond donors (Lipinski definition) is 1. The minimum absolute atomic E-state index is 0.114. The number of anilines is 1. The van der Waals surface area contributed by atoms with Gasteiger partial charge in [0.15, 0.2) is 0 Å². The quantitative estimate of drug-likeness (QED) is 0.328. The molecule has 0 unspecified atom stereocenters. The van der Waals surface area contributed by atoms with Crippen molar-refractivity contribution in [3.8, 4) is 5.75 Å². The molecule has 2 bridgehead atoms. The van der Waals surface area contributed by atoms with Crippen molar-refractivity contribution in [1.82, 2.24) is 14.5 Å². The Bertz CT molecular complexity index is 1930. The molecule has 2 spiro atoms. The first kappa shape index (κ1) is 37.8. The summed E-state index contributed by atoms with van der Waals surface area (Å²) in [5.74, 6) is -1.32. The molecule has 2 aliphatic carbocycles. The van der Waals surface area contributed by atoms with Crippen molar-refractivity contribution in [2.24, 2.45) is 11.3 Å². The molecule has 0 aromatic heterocycles. The number of carbonyl (C=O) groups excluding carboxylic acids is 2. The topological polar surface area (TPSA) is 99.3 Å². The van der Waals surface area contributed by atoms with Gasteiger partial charge in [-0.25, -0.2) is 17.5 Å². The molecule has 8 rings (SSSR count). The number of benzene rings is 2. The fourth-order valence-corrected chi connectivity index (χ4v) is 12.0. The Labute approximate surface area is 324 Å². The first-order chi connectivity index (χ1) is 25.9. The zero-order valence-corrected chi connectivity index (χ0v) is 33.2. The number of aryl methyl sites for hydroxylation is 1. The van der Waals surface area contributed by atoms with E-state index in [9.17, 15) is 18.0 Å². The van der Waals surface area contributed by atoms with Crippen molar-refractivity contribution in [1.29, 1.82) is 0 Å². The molecule has 1 saturated carbocycles. The molecule has 4 heterocycles. The molecule has 3 fully saturated rings. The van der Waals surface area contributed by atoms with Crippen LogP contribution in [-0.4, -0.2) is 86.7 Å². The van der Waals surface area contributed by atoms with Crippen LogP contribution in [0.2, 0.25) is 5.02 Å². The summed E-state index contributed by atoms with van der Waals surface area (Å²) in [6.45, 7) is 6.65. The van der Waals surface area contributed by atoms with Gasteiger partial charge in [-0.05, 0) is 124 Å². The zero-order chi connectivity index (χ0) is 37.8. The summed E-state index contributed by atoms with van der Waals surface area (Å²) in [7, 11) is -4.12. The number of amides is 2. The molecule has 54 heavy (non-hydrogen) atoms. The fourth-order valence-electron chi connectivity index (χ4n) is 10.5. The summed E-state index contributed by atoms with van der Waals surface area (Å²) in [5, 5.41) is -0.292. The fraction of sp³-hybridized carbons (Fsp3) is 0.619. The minimum atomic E-state index is -4.12. The number of halogens is 2. The molecule has 4 aliphatic heterocycles. The number of likely N-dealkylation sites (tertiary alicyclic amines) is 1. The van der Waals surface area contributed by atoms with Gasteiger partial charge < -0.3 is 14.5 Å². The minimum Gasteiger partial charge on any atom is -0.490 e. The Morgan fingerprint density at radius 2 is 1.80 bits per heavy atom. The van der Waals surface area contributed by atoms with Gasteiger partial charge in [-0.3, -0.25) is 14.5 Å². The van der Waals surface area contributed by atoms with E-state index in [0.29, 0.717) is 55.8 Å². The van der Waals surface area contributed by atoms with Crippen LogP contribution in [0.1, 0.15) is 106 Å². The molecular formula is C42H54ClFN4O5S. The van der Waals surface area contributed by atoms with Gasteiger partial charge in [0.25, 0.3) is 5.91 Å². The third-order valence-corrected chi connectivity index (χ3v) is 16.0. The first-order valence-corrected chi connectivity index (χ1v) is 22.1. The highest BCUT2D eigenvalue weighted by molar-refractivity contribution is 7.90. The lowest BCUT2D eigenvalue weighted by molar-refractivity contribution is -0.136. The molecule has 2 aromatic carbocycles. The number of hydrogen-bond acceptors (Lipinski definition) is 7.